The van der Waals surface area contributed by atoms with Gasteiger partial charge in [-0.25, -0.2) is 0 Å². The summed E-state index contributed by atoms with van der Waals surface area (Å²) in [4.78, 5) is 9.99. The van der Waals surface area contributed by atoms with Gasteiger partial charge < -0.3 is 0 Å². The first-order valence-electron chi connectivity index (χ1n) is 10.4. The Labute approximate surface area is 173 Å². The summed E-state index contributed by atoms with van der Waals surface area (Å²) in [5, 5.41) is 0. The summed E-state index contributed by atoms with van der Waals surface area (Å²) >= 11 is 0. The second-order valence-electron chi connectivity index (χ2n) is 8.52. The van der Waals surface area contributed by atoms with Crippen LogP contribution in [0.4, 0.5) is 0 Å². The molecule has 0 atom stereocenters. The largest absolute Gasteiger partial charge is 0.252 e. The standard InChI is InChI=1S/C26H39N2/c1-12-23(17(4)5)26(20(9)16(2)3)28-22(11)21(10)27-25-19(8)14-13-15-24(25)18(6)7/h12,14-18H,1,9,13H2,2-8,10-11H3/b26-23-,27-21?,28-22?. The van der Waals surface area contributed by atoms with E-state index in [4.69, 9.17) is 9.98 Å². The highest BCUT2D eigenvalue weighted by atomic mass is 14.8. The molecular weight excluding hydrogens is 340 g/mol. The summed E-state index contributed by atoms with van der Waals surface area (Å²) in [6, 6.07) is 0. The Balaban J connectivity index is 3.46. The molecule has 2 heteroatoms. The zero-order valence-electron chi connectivity index (χ0n) is 19.5. The van der Waals surface area contributed by atoms with Gasteiger partial charge in [0, 0.05) is 0 Å². The normalized spacial score (nSPS) is 17.4. The molecule has 153 valence electrons. The van der Waals surface area contributed by atoms with Crippen molar-refractivity contribution < 1.29 is 0 Å². The third-order valence-corrected chi connectivity index (χ3v) is 5.23. The number of allylic oxidation sites excluding steroid dienone is 6. The summed E-state index contributed by atoms with van der Waals surface area (Å²) in [5.41, 5.74) is 8.65. The van der Waals surface area contributed by atoms with Gasteiger partial charge in [0.05, 0.1) is 22.8 Å². The maximum Gasteiger partial charge on any atom is 0.0696 e. The molecule has 0 amide bonds. The molecule has 0 bridgehead atoms. The van der Waals surface area contributed by atoms with Crippen LogP contribution in [-0.2, 0) is 0 Å². The highest BCUT2D eigenvalue weighted by Gasteiger charge is 2.18. The minimum Gasteiger partial charge on any atom is -0.252 e. The molecule has 0 aromatic rings. The van der Waals surface area contributed by atoms with Crippen molar-refractivity contribution in [1.29, 1.82) is 0 Å². The van der Waals surface area contributed by atoms with Gasteiger partial charge in [-0.2, -0.15) is 0 Å². The van der Waals surface area contributed by atoms with E-state index in [9.17, 15) is 0 Å². The van der Waals surface area contributed by atoms with Crippen LogP contribution in [0.25, 0.3) is 0 Å². The Kier molecular flexibility index (Phi) is 9.07. The van der Waals surface area contributed by atoms with Crippen LogP contribution in [0.1, 0.15) is 68.7 Å². The van der Waals surface area contributed by atoms with Crippen molar-refractivity contribution in [2.75, 3.05) is 0 Å². The molecule has 1 radical (unpaired) electrons. The van der Waals surface area contributed by atoms with E-state index < -0.39 is 0 Å². The summed E-state index contributed by atoms with van der Waals surface area (Å²) in [7, 11) is 0. The van der Waals surface area contributed by atoms with E-state index >= 15 is 0 Å². The van der Waals surface area contributed by atoms with Gasteiger partial charge in [-0.1, -0.05) is 66.9 Å². The molecule has 0 aromatic heterocycles. The summed E-state index contributed by atoms with van der Waals surface area (Å²) in [6.07, 6.45) is 7.43. The first-order chi connectivity index (χ1) is 13.0. The molecule has 28 heavy (non-hydrogen) atoms. The molecular formula is C26H39N2. The van der Waals surface area contributed by atoms with Crippen LogP contribution in [0.5, 0.6) is 0 Å². The summed E-state index contributed by atoms with van der Waals surface area (Å²) < 4.78 is 0. The van der Waals surface area contributed by atoms with Crippen LogP contribution in [0.2, 0.25) is 0 Å². The van der Waals surface area contributed by atoms with Gasteiger partial charge in [0.2, 0.25) is 0 Å². The number of hydrogen-bond acceptors (Lipinski definition) is 2. The lowest BCUT2D eigenvalue weighted by Crippen LogP contribution is -2.12. The van der Waals surface area contributed by atoms with Crippen molar-refractivity contribution >= 4 is 11.4 Å². The fourth-order valence-corrected chi connectivity index (χ4v) is 3.14. The lowest BCUT2D eigenvalue weighted by atomic mass is 9.90. The number of hydrogen-bond donors (Lipinski definition) is 0. The molecule has 0 aliphatic heterocycles. The van der Waals surface area contributed by atoms with Crippen LogP contribution in [0, 0.1) is 24.2 Å². The number of rotatable bonds is 8. The smallest absolute Gasteiger partial charge is 0.0696 e. The molecule has 0 heterocycles. The zero-order chi connectivity index (χ0) is 21.6. The van der Waals surface area contributed by atoms with Gasteiger partial charge >= 0.3 is 0 Å². The Hall–Kier alpha value is -1.96. The minimum absolute atomic E-state index is 0.325. The van der Waals surface area contributed by atoms with E-state index in [1.54, 1.807) is 0 Å². The molecule has 0 saturated carbocycles. The first kappa shape index (κ1) is 24.1. The molecule has 2 nitrogen and oxygen atoms in total. The second-order valence-corrected chi connectivity index (χ2v) is 8.52. The average molecular weight is 380 g/mol. The zero-order valence-corrected chi connectivity index (χ0v) is 19.5. The van der Waals surface area contributed by atoms with Crippen molar-refractivity contribution in [3.63, 3.8) is 0 Å². The van der Waals surface area contributed by atoms with Crippen LogP contribution in [-0.4, -0.2) is 11.4 Å². The maximum absolute atomic E-state index is 4.99. The van der Waals surface area contributed by atoms with E-state index in [0.717, 1.165) is 40.4 Å². The maximum atomic E-state index is 4.99. The molecule has 1 aliphatic carbocycles. The molecule has 1 rings (SSSR count). The van der Waals surface area contributed by atoms with E-state index in [2.05, 4.69) is 74.1 Å². The van der Waals surface area contributed by atoms with Gasteiger partial charge in [0.15, 0.2) is 0 Å². The van der Waals surface area contributed by atoms with E-state index in [0.29, 0.717) is 17.8 Å². The van der Waals surface area contributed by atoms with Gasteiger partial charge in [0.1, 0.15) is 0 Å². The second kappa shape index (κ2) is 10.5. The topological polar surface area (TPSA) is 24.7 Å². The fraction of sp³-hybridized carbons (Fsp3) is 0.500. The lowest BCUT2D eigenvalue weighted by molar-refractivity contribution is 0.743. The average Bonchev–Trinajstić information content (AvgIpc) is 2.61. The Bertz CT molecular complexity index is 762. The highest BCUT2D eigenvalue weighted by Crippen LogP contribution is 2.31. The van der Waals surface area contributed by atoms with Gasteiger partial charge in [-0.3, -0.25) is 9.98 Å². The monoisotopic (exact) mass is 379 g/mol. The van der Waals surface area contributed by atoms with Crippen LogP contribution >= 0.6 is 0 Å². The predicted molar refractivity (Wildman–Crippen MR) is 127 cm³/mol. The van der Waals surface area contributed by atoms with Crippen LogP contribution < -0.4 is 0 Å². The third-order valence-electron chi connectivity index (χ3n) is 5.23. The van der Waals surface area contributed by atoms with Crippen molar-refractivity contribution in [3.05, 3.63) is 65.4 Å². The Morgan fingerprint density at radius 1 is 1.04 bits per heavy atom. The van der Waals surface area contributed by atoms with E-state index in [1.807, 2.05) is 19.9 Å². The first-order valence-corrected chi connectivity index (χ1v) is 10.4. The van der Waals surface area contributed by atoms with E-state index in [-0.39, 0.29) is 0 Å². The van der Waals surface area contributed by atoms with E-state index in [1.165, 1.54) is 11.1 Å². The number of nitrogens with zero attached hydrogens (tertiary/aromatic N) is 2. The molecule has 0 saturated heterocycles. The van der Waals surface area contributed by atoms with Crippen molar-refractivity contribution in [3.8, 4) is 0 Å². The Morgan fingerprint density at radius 3 is 2.11 bits per heavy atom. The Morgan fingerprint density at radius 2 is 1.64 bits per heavy atom. The molecule has 0 spiro atoms. The number of aliphatic imine (C=N–C) groups is 2. The molecule has 0 N–H and O–H groups in total. The quantitative estimate of drug-likeness (QED) is 0.305. The predicted octanol–water partition coefficient (Wildman–Crippen LogP) is 7.68. The summed E-state index contributed by atoms with van der Waals surface area (Å²) in [6.45, 7) is 27.6. The molecule has 0 fully saturated rings. The molecule has 1 aliphatic rings. The lowest BCUT2D eigenvalue weighted by Gasteiger charge is -2.21. The summed E-state index contributed by atoms with van der Waals surface area (Å²) in [5.74, 6) is 1.12. The molecule has 0 aromatic carbocycles. The van der Waals surface area contributed by atoms with Crippen molar-refractivity contribution in [1.82, 2.24) is 0 Å². The highest BCUT2D eigenvalue weighted by molar-refractivity contribution is 6.41. The van der Waals surface area contributed by atoms with Gasteiger partial charge in [0.25, 0.3) is 0 Å². The molecule has 0 unspecified atom stereocenters. The van der Waals surface area contributed by atoms with Crippen LogP contribution in [0.15, 0.2) is 69.0 Å². The minimum atomic E-state index is 0.325. The van der Waals surface area contributed by atoms with Gasteiger partial charge in [-0.15, -0.1) is 0 Å². The third kappa shape index (κ3) is 6.02. The van der Waals surface area contributed by atoms with Gasteiger partial charge in [-0.05, 0) is 73.7 Å². The van der Waals surface area contributed by atoms with Crippen molar-refractivity contribution in [2.45, 2.75) is 68.7 Å². The fourth-order valence-electron chi connectivity index (χ4n) is 3.14. The van der Waals surface area contributed by atoms with Crippen LogP contribution in [0.3, 0.4) is 0 Å². The SMILES string of the molecule is C=C/C(=C(/N=C(C)C(C)=NC1=C(C)[CH]CC=C1C(C)C)C(=C)C(C)C)C(C)C. The van der Waals surface area contributed by atoms with Crippen molar-refractivity contribution in [2.24, 2.45) is 27.7 Å².